The SMILES string of the molecule is CCC(C)(C#N)NC(=O)COc1ccc(Cl)cc1. The zero-order valence-corrected chi connectivity index (χ0v) is 11.1. The fourth-order valence-corrected chi connectivity index (χ4v) is 1.34. The Labute approximate surface area is 112 Å². The van der Waals surface area contributed by atoms with Gasteiger partial charge in [0.15, 0.2) is 6.61 Å². The summed E-state index contributed by atoms with van der Waals surface area (Å²) >= 11 is 5.73. The van der Waals surface area contributed by atoms with Crippen LogP contribution in [0.3, 0.4) is 0 Å². The third-order valence-corrected chi connectivity index (χ3v) is 2.80. The molecule has 1 amide bonds. The maximum absolute atomic E-state index is 11.6. The van der Waals surface area contributed by atoms with E-state index in [9.17, 15) is 4.79 Å². The van der Waals surface area contributed by atoms with Crippen LogP contribution in [-0.4, -0.2) is 18.1 Å². The topological polar surface area (TPSA) is 62.1 Å². The van der Waals surface area contributed by atoms with Gasteiger partial charge in [0.25, 0.3) is 5.91 Å². The monoisotopic (exact) mass is 266 g/mol. The highest BCUT2D eigenvalue weighted by molar-refractivity contribution is 6.30. The minimum Gasteiger partial charge on any atom is -0.484 e. The number of carbonyl (C=O) groups is 1. The second-order valence-electron chi connectivity index (χ2n) is 4.09. The van der Waals surface area contributed by atoms with Gasteiger partial charge in [-0.15, -0.1) is 0 Å². The summed E-state index contributed by atoms with van der Waals surface area (Å²) in [5.74, 6) is 0.237. The summed E-state index contributed by atoms with van der Waals surface area (Å²) in [5, 5.41) is 12.2. The number of hydrogen-bond acceptors (Lipinski definition) is 3. The highest BCUT2D eigenvalue weighted by Crippen LogP contribution is 2.15. The van der Waals surface area contributed by atoms with Crippen LogP contribution >= 0.6 is 11.6 Å². The first kappa shape index (κ1) is 14.3. The summed E-state index contributed by atoms with van der Waals surface area (Å²) in [5.41, 5.74) is -0.847. The van der Waals surface area contributed by atoms with Gasteiger partial charge in [-0.1, -0.05) is 18.5 Å². The van der Waals surface area contributed by atoms with E-state index < -0.39 is 5.54 Å². The number of nitrogens with zero attached hydrogens (tertiary/aromatic N) is 1. The van der Waals surface area contributed by atoms with Crippen LogP contribution in [0, 0.1) is 11.3 Å². The van der Waals surface area contributed by atoms with Gasteiger partial charge < -0.3 is 10.1 Å². The molecular formula is C13H15ClN2O2. The predicted molar refractivity (Wildman–Crippen MR) is 69.4 cm³/mol. The lowest BCUT2D eigenvalue weighted by Crippen LogP contribution is -2.46. The summed E-state index contributed by atoms with van der Waals surface area (Å²) < 4.78 is 5.28. The molecule has 0 fully saturated rings. The van der Waals surface area contributed by atoms with Crippen molar-refractivity contribution in [3.8, 4) is 11.8 Å². The number of nitrogens with one attached hydrogen (secondary N) is 1. The molecule has 4 nitrogen and oxygen atoms in total. The van der Waals surface area contributed by atoms with Crippen molar-refractivity contribution in [3.63, 3.8) is 0 Å². The summed E-state index contributed by atoms with van der Waals surface area (Å²) in [6.07, 6.45) is 0.538. The molecule has 0 saturated carbocycles. The van der Waals surface area contributed by atoms with Gasteiger partial charge in [0, 0.05) is 5.02 Å². The molecule has 0 aromatic heterocycles. The lowest BCUT2D eigenvalue weighted by molar-refractivity contribution is -0.124. The normalized spacial score (nSPS) is 13.2. The molecule has 1 N–H and O–H groups in total. The summed E-state index contributed by atoms with van der Waals surface area (Å²) in [6.45, 7) is 3.38. The van der Waals surface area contributed by atoms with Gasteiger partial charge in [-0.3, -0.25) is 4.79 Å². The van der Waals surface area contributed by atoms with Crippen molar-refractivity contribution in [2.45, 2.75) is 25.8 Å². The van der Waals surface area contributed by atoms with E-state index in [1.165, 1.54) is 0 Å². The quantitative estimate of drug-likeness (QED) is 0.891. The Hall–Kier alpha value is -1.73. The van der Waals surface area contributed by atoms with Crippen molar-refractivity contribution in [2.24, 2.45) is 0 Å². The molecule has 1 aromatic carbocycles. The average molecular weight is 267 g/mol. The molecule has 18 heavy (non-hydrogen) atoms. The second kappa shape index (κ2) is 6.27. The Morgan fingerprint density at radius 1 is 1.50 bits per heavy atom. The molecule has 0 aliphatic rings. The van der Waals surface area contributed by atoms with Gasteiger partial charge in [-0.2, -0.15) is 5.26 Å². The summed E-state index contributed by atoms with van der Waals surface area (Å²) in [4.78, 5) is 11.6. The largest absolute Gasteiger partial charge is 0.484 e. The minimum atomic E-state index is -0.847. The standard InChI is InChI=1S/C13H15ClN2O2/c1-3-13(2,9-15)16-12(17)8-18-11-6-4-10(14)5-7-11/h4-7H,3,8H2,1-2H3,(H,16,17). The first-order valence-corrected chi connectivity index (χ1v) is 5.97. The van der Waals surface area contributed by atoms with Crippen LogP contribution in [0.25, 0.3) is 0 Å². The van der Waals surface area contributed by atoms with Gasteiger partial charge in [0.2, 0.25) is 0 Å². The van der Waals surface area contributed by atoms with Crippen molar-refractivity contribution >= 4 is 17.5 Å². The van der Waals surface area contributed by atoms with E-state index >= 15 is 0 Å². The van der Waals surface area contributed by atoms with Gasteiger partial charge >= 0.3 is 0 Å². The molecule has 0 saturated heterocycles. The summed E-state index contributed by atoms with van der Waals surface area (Å²) in [6, 6.07) is 8.78. The average Bonchev–Trinajstić information content (AvgIpc) is 2.38. The highest BCUT2D eigenvalue weighted by atomic mass is 35.5. The fraction of sp³-hybridized carbons (Fsp3) is 0.385. The molecule has 0 spiro atoms. The molecule has 96 valence electrons. The summed E-state index contributed by atoms with van der Waals surface area (Å²) in [7, 11) is 0. The van der Waals surface area contributed by atoms with Gasteiger partial charge in [0.1, 0.15) is 11.3 Å². The van der Waals surface area contributed by atoms with Crippen LogP contribution in [0.4, 0.5) is 0 Å². The first-order valence-electron chi connectivity index (χ1n) is 5.60. The van der Waals surface area contributed by atoms with Gasteiger partial charge in [-0.25, -0.2) is 0 Å². The molecule has 1 rings (SSSR count). The van der Waals surface area contributed by atoms with Gasteiger partial charge in [-0.05, 0) is 37.6 Å². The molecule has 0 radical (unpaired) electrons. The Morgan fingerprint density at radius 2 is 2.11 bits per heavy atom. The van der Waals surface area contributed by atoms with Crippen molar-refractivity contribution in [1.82, 2.24) is 5.32 Å². The number of rotatable bonds is 5. The predicted octanol–water partition coefficient (Wildman–Crippen LogP) is 2.53. The molecule has 0 aliphatic carbocycles. The number of halogens is 1. The molecule has 5 heteroatoms. The van der Waals surface area contributed by atoms with E-state index in [0.717, 1.165) is 0 Å². The van der Waals surface area contributed by atoms with Crippen molar-refractivity contribution in [3.05, 3.63) is 29.3 Å². The Kier molecular flexibility index (Phi) is 4.99. The van der Waals surface area contributed by atoms with Crippen LogP contribution in [0.5, 0.6) is 5.75 Å². The number of ether oxygens (including phenoxy) is 1. The third kappa shape index (κ3) is 4.27. The molecular weight excluding hydrogens is 252 g/mol. The molecule has 1 atom stereocenters. The van der Waals surface area contributed by atoms with E-state index in [4.69, 9.17) is 21.6 Å². The number of amides is 1. The molecule has 1 unspecified atom stereocenters. The van der Waals surface area contributed by atoms with Gasteiger partial charge in [0.05, 0.1) is 6.07 Å². The Morgan fingerprint density at radius 3 is 2.61 bits per heavy atom. The van der Waals surface area contributed by atoms with E-state index in [2.05, 4.69) is 11.4 Å². The van der Waals surface area contributed by atoms with Crippen molar-refractivity contribution in [1.29, 1.82) is 5.26 Å². The molecule has 0 aliphatic heterocycles. The first-order chi connectivity index (χ1) is 8.49. The van der Waals surface area contributed by atoms with Crippen LogP contribution < -0.4 is 10.1 Å². The maximum Gasteiger partial charge on any atom is 0.259 e. The second-order valence-corrected chi connectivity index (χ2v) is 4.52. The number of hydrogen-bond donors (Lipinski definition) is 1. The maximum atomic E-state index is 11.6. The van der Waals surface area contributed by atoms with E-state index in [1.807, 2.05) is 6.92 Å². The molecule has 0 heterocycles. The fourth-order valence-electron chi connectivity index (χ4n) is 1.22. The van der Waals surface area contributed by atoms with E-state index in [-0.39, 0.29) is 12.5 Å². The highest BCUT2D eigenvalue weighted by Gasteiger charge is 2.23. The Balaban J connectivity index is 2.47. The van der Waals surface area contributed by atoms with E-state index in [0.29, 0.717) is 17.2 Å². The lowest BCUT2D eigenvalue weighted by atomic mass is 10.0. The molecule has 1 aromatic rings. The number of nitriles is 1. The van der Waals surface area contributed by atoms with E-state index in [1.54, 1.807) is 31.2 Å². The lowest BCUT2D eigenvalue weighted by Gasteiger charge is -2.21. The molecule has 0 bridgehead atoms. The van der Waals surface area contributed by atoms with Crippen molar-refractivity contribution < 1.29 is 9.53 Å². The Bertz CT molecular complexity index is 453. The third-order valence-electron chi connectivity index (χ3n) is 2.55. The zero-order chi connectivity index (χ0) is 13.6. The zero-order valence-electron chi connectivity index (χ0n) is 10.4. The van der Waals surface area contributed by atoms with Crippen LogP contribution in [0.15, 0.2) is 24.3 Å². The number of carbonyl (C=O) groups excluding carboxylic acids is 1. The number of benzene rings is 1. The smallest absolute Gasteiger partial charge is 0.259 e. The van der Waals surface area contributed by atoms with Crippen LogP contribution in [0.2, 0.25) is 5.02 Å². The van der Waals surface area contributed by atoms with Crippen LogP contribution in [0.1, 0.15) is 20.3 Å². The van der Waals surface area contributed by atoms with Crippen LogP contribution in [-0.2, 0) is 4.79 Å². The van der Waals surface area contributed by atoms with Crippen molar-refractivity contribution in [2.75, 3.05) is 6.61 Å². The minimum absolute atomic E-state index is 0.126.